The summed E-state index contributed by atoms with van der Waals surface area (Å²) < 4.78 is 7.15. The zero-order valence-electron chi connectivity index (χ0n) is 15.4. The van der Waals surface area contributed by atoms with E-state index in [1.165, 1.54) is 10.7 Å². The number of hydrogen-bond acceptors (Lipinski definition) is 5. The third-order valence-corrected chi connectivity index (χ3v) is 5.91. The van der Waals surface area contributed by atoms with Crippen LogP contribution < -0.4 is 10.3 Å². The number of benzene rings is 1. The van der Waals surface area contributed by atoms with Gasteiger partial charge in [-0.05, 0) is 18.6 Å². The predicted molar refractivity (Wildman–Crippen MR) is 101 cm³/mol. The van der Waals surface area contributed by atoms with Crippen molar-refractivity contribution in [3.8, 4) is 5.75 Å². The molecule has 4 heterocycles. The molecule has 2 aromatic heterocycles. The summed E-state index contributed by atoms with van der Waals surface area (Å²) in [6.45, 7) is 2.81. The van der Waals surface area contributed by atoms with Crippen molar-refractivity contribution in [1.82, 2.24) is 19.5 Å². The second kappa shape index (κ2) is 5.93. The van der Waals surface area contributed by atoms with Crippen molar-refractivity contribution in [1.29, 1.82) is 0 Å². The van der Waals surface area contributed by atoms with E-state index in [1.807, 2.05) is 31.2 Å². The Labute approximate surface area is 160 Å². The molecule has 2 aliphatic rings. The first-order valence-electron chi connectivity index (χ1n) is 9.22. The van der Waals surface area contributed by atoms with E-state index in [-0.39, 0.29) is 24.0 Å². The lowest BCUT2D eigenvalue weighted by Crippen LogP contribution is -2.43. The third kappa shape index (κ3) is 2.31. The summed E-state index contributed by atoms with van der Waals surface area (Å²) in [7, 11) is 0. The first-order chi connectivity index (χ1) is 13.5. The second-order valence-electron chi connectivity index (χ2n) is 7.70. The number of fused-ring (bicyclic) bond motifs is 4. The summed E-state index contributed by atoms with van der Waals surface area (Å²) in [5.41, 5.74) is 1.27. The number of aliphatic hydroxyl groups is 1. The molecule has 1 amide bonds. The van der Waals surface area contributed by atoms with Crippen LogP contribution in [0.5, 0.6) is 5.75 Å². The molecule has 144 valence electrons. The Hall–Kier alpha value is -3.13. The third-order valence-electron chi connectivity index (χ3n) is 5.91. The summed E-state index contributed by atoms with van der Waals surface area (Å²) in [4.78, 5) is 31.8. The highest BCUT2D eigenvalue weighted by molar-refractivity contribution is 5.94. The highest BCUT2D eigenvalue weighted by Gasteiger charge is 2.52. The standard InChI is InChI=1S/C20H20N4O4/c1-12-6-17-21-7-14(19(27)24(17)22-12)18(26)23-8-15-13-4-2-3-5-16(13)28-11-20(15,9-23)10-25/h2-7,15,22,25H,8-11H2,1H3/t15-,20-/m1/s1. The molecule has 28 heavy (non-hydrogen) atoms. The summed E-state index contributed by atoms with van der Waals surface area (Å²) in [5, 5.41) is 13.1. The van der Waals surface area contributed by atoms with Gasteiger partial charge in [-0.25, -0.2) is 9.50 Å². The molecule has 0 radical (unpaired) electrons. The zero-order chi connectivity index (χ0) is 19.5. The van der Waals surface area contributed by atoms with Crippen LogP contribution >= 0.6 is 0 Å². The SMILES string of the molecule is Cc1cc2ncc(C(=O)N3C[C@@H]4c5ccccc5OC[C@]4(CO)C3)c(=O)n2[nH]1. The molecule has 3 aromatic rings. The molecule has 2 atom stereocenters. The number of H-pyrrole nitrogens is 1. The summed E-state index contributed by atoms with van der Waals surface area (Å²) in [6.07, 6.45) is 1.34. The number of nitrogens with zero attached hydrogens (tertiary/aromatic N) is 3. The minimum atomic E-state index is -0.569. The van der Waals surface area contributed by atoms with Crippen LogP contribution in [0.4, 0.5) is 0 Å². The quantitative estimate of drug-likeness (QED) is 0.689. The van der Waals surface area contributed by atoms with Crippen LogP contribution in [0.15, 0.2) is 41.3 Å². The van der Waals surface area contributed by atoms with Crippen molar-refractivity contribution in [2.24, 2.45) is 5.41 Å². The molecule has 2 aliphatic heterocycles. The number of aryl methyl sites for hydroxylation is 1. The van der Waals surface area contributed by atoms with Crippen molar-refractivity contribution in [3.63, 3.8) is 0 Å². The van der Waals surface area contributed by atoms with Gasteiger partial charge in [0.1, 0.15) is 11.3 Å². The van der Waals surface area contributed by atoms with E-state index < -0.39 is 11.0 Å². The van der Waals surface area contributed by atoms with Gasteiger partial charge in [-0.3, -0.25) is 14.7 Å². The first-order valence-corrected chi connectivity index (χ1v) is 9.22. The zero-order valence-corrected chi connectivity index (χ0v) is 15.4. The predicted octanol–water partition coefficient (Wildman–Crippen LogP) is 0.942. The maximum absolute atomic E-state index is 13.2. The monoisotopic (exact) mass is 380 g/mol. The smallest absolute Gasteiger partial charge is 0.285 e. The number of aromatic amines is 1. The van der Waals surface area contributed by atoms with Gasteiger partial charge in [-0.2, -0.15) is 0 Å². The van der Waals surface area contributed by atoms with Crippen LogP contribution in [0, 0.1) is 12.3 Å². The number of amides is 1. The van der Waals surface area contributed by atoms with Crippen LogP contribution in [0.2, 0.25) is 0 Å². The van der Waals surface area contributed by atoms with E-state index in [9.17, 15) is 14.7 Å². The average Bonchev–Trinajstić information content (AvgIpc) is 3.29. The van der Waals surface area contributed by atoms with Crippen molar-refractivity contribution < 1.29 is 14.6 Å². The molecule has 5 rings (SSSR count). The first kappa shape index (κ1) is 17.0. The Morgan fingerprint density at radius 1 is 1.43 bits per heavy atom. The van der Waals surface area contributed by atoms with Gasteiger partial charge in [0, 0.05) is 37.0 Å². The lowest BCUT2D eigenvalue weighted by Gasteiger charge is -2.37. The minimum absolute atomic E-state index is 0.0142. The second-order valence-corrected chi connectivity index (χ2v) is 7.70. The van der Waals surface area contributed by atoms with Crippen LogP contribution in [-0.4, -0.2) is 56.8 Å². The van der Waals surface area contributed by atoms with Crippen molar-refractivity contribution in [2.75, 3.05) is 26.3 Å². The highest BCUT2D eigenvalue weighted by Crippen LogP contribution is 2.49. The Kier molecular flexibility index (Phi) is 3.60. The summed E-state index contributed by atoms with van der Waals surface area (Å²) in [6, 6.07) is 9.45. The van der Waals surface area contributed by atoms with E-state index >= 15 is 0 Å². The Balaban J connectivity index is 1.52. The molecule has 8 nitrogen and oxygen atoms in total. The largest absolute Gasteiger partial charge is 0.493 e. The maximum Gasteiger partial charge on any atom is 0.285 e. The molecule has 0 spiro atoms. The summed E-state index contributed by atoms with van der Waals surface area (Å²) >= 11 is 0. The van der Waals surface area contributed by atoms with Crippen LogP contribution in [0.25, 0.3) is 5.65 Å². The van der Waals surface area contributed by atoms with Gasteiger partial charge < -0.3 is 14.7 Å². The van der Waals surface area contributed by atoms with E-state index in [4.69, 9.17) is 4.74 Å². The molecule has 8 heteroatoms. The molecule has 0 unspecified atom stereocenters. The van der Waals surface area contributed by atoms with Gasteiger partial charge in [-0.1, -0.05) is 18.2 Å². The van der Waals surface area contributed by atoms with Crippen molar-refractivity contribution in [3.05, 3.63) is 63.7 Å². The molecular formula is C20H20N4O4. The van der Waals surface area contributed by atoms with Gasteiger partial charge in [0.25, 0.3) is 11.5 Å². The lowest BCUT2D eigenvalue weighted by atomic mass is 9.74. The number of nitrogens with one attached hydrogen (secondary N) is 1. The van der Waals surface area contributed by atoms with E-state index in [2.05, 4.69) is 10.1 Å². The molecule has 0 bridgehead atoms. The number of aromatic nitrogens is 3. The van der Waals surface area contributed by atoms with E-state index in [0.717, 1.165) is 17.0 Å². The number of carbonyl (C=O) groups is 1. The summed E-state index contributed by atoms with van der Waals surface area (Å²) in [5.74, 6) is 0.369. The number of para-hydroxylation sites is 1. The Bertz CT molecular complexity index is 1150. The number of likely N-dealkylation sites (tertiary alicyclic amines) is 1. The molecule has 1 aromatic carbocycles. The average molecular weight is 380 g/mol. The molecule has 2 N–H and O–H groups in total. The van der Waals surface area contributed by atoms with Crippen molar-refractivity contribution in [2.45, 2.75) is 12.8 Å². The highest BCUT2D eigenvalue weighted by atomic mass is 16.5. The fourth-order valence-electron chi connectivity index (χ4n) is 4.42. The maximum atomic E-state index is 13.2. The minimum Gasteiger partial charge on any atom is -0.493 e. The van der Waals surface area contributed by atoms with Crippen LogP contribution in [0.3, 0.4) is 0 Å². The van der Waals surface area contributed by atoms with Gasteiger partial charge in [0.05, 0.1) is 18.6 Å². The van der Waals surface area contributed by atoms with E-state index in [1.54, 1.807) is 11.0 Å². The van der Waals surface area contributed by atoms with E-state index in [0.29, 0.717) is 25.3 Å². The normalized spacial score (nSPS) is 23.4. The Morgan fingerprint density at radius 2 is 2.25 bits per heavy atom. The number of hydrogen-bond donors (Lipinski definition) is 2. The fourth-order valence-corrected chi connectivity index (χ4v) is 4.42. The number of ether oxygens (including phenoxy) is 1. The molecule has 1 fully saturated rings. The molecule has 1 saturated heterocycles. The number of aliphatic hydroxyl groups excluding tert-OH is 1. The Morgan fingerprint density at radius 3 is 3.07 bits per heavy atom. The van der Waals surface area contributed by atoms with Gasteiger partial charge in [0.15, 0.2) is 5.65 Å². The van der Waals surface area contributed by atoms with Crippen LogP contribution in [0.1, 0.15) is 27.5 Å². The van der Waals surface area contributed by atoms with Gasteiger partial charge in [-0.15, -0.1) is 0 Å². The lowest BCUT2D eigenvalue weighted by molar-refractivity contribution is 0.0440. The van der Waals surface area contributed by atoms with Gasteiger partial charge >= 0.3 is 0 Å². The number of rotatable bonds is 2. The fraction of sp³-hybridized carbons (Fsp3) is 0.350. The molecule has 0 aliphatic carbocycles. The van der Waals surface area contributed by atoms with Crippen LogP contribution in [-0.2, 0) is 0 Å². The number of carbonyl (C=O) groups excluding carboxylic acids is 1. The molecule has 0 saturated carbocycles. The topological polar surface area (TPSA) is 99.9 Å². The van der Waals surface area contributed by atoms with Crippen molar-refractivity contribution >= 4 is 11.6 Å². The molecular weight excluding hydrogens is 360 g/mol. The van der Waals surface area contributed by atoms with Gasteiger partial charge in [0.2, 0.25) is 0 Å².